The summed E-state index contributed by atoms with van der Waals surface area (Å²) in [6, 6.07) is 3.72. The molecule has 92 valence electrons. The van der Waals surface area contributed by atoms with Crippen molar-refractivity contribution in [1.82, 2.24) is 15.5 Å². The maximum Gasteiger partial charge on any atom is 0.240 e. The SMILES string of the molecule is COC[C@H](NCc1nc(C)no1)c1ccco1. The van der Waals surface area contributed by atoms with Gasteiger partial charge in [0.15, 0.2) is 5.82 Å². The largest absolute Gasteiger partial charge is 0.468 e. The van der Waals surface area contributed by atoms with Crippen molar-refractivity contribution in [3.05, 3.63) is 35.9 Å². The first kappa shape index (κ1) is 11.8. The van der Waals surface area contributed by atoms with Crippen LogP contribution in [0.25, 0.3) is 0 Å². The Hall–Kier alpha value is -1.66. The van der Waals surface area contributed by atoms with E-state index >= 15 is 0 Å². The first-order valence-electron chi connectivity index (χ1n) is 5.34. The minimum atomic E-state index is -0.0257. The van der Waals surface area contributed by atoms with E-state index < -0.39 is 0 Å². The van der Waals surface area contributed by atoms with Crippen LogP contribution in [0.3, 0.4) is 0 Å². The van der Waals surface area contributed by atoms with Crippen molar-refractivity contribution in [3.63, 3.8) is 0 Å². The highest BCUT2D eigenvalue weighted by Gasteiger charge is 2.14. The molecule has 0 spiro atoms. The zero-order valence-corrected chi connectivity index (χ0v) is 9.84. The van der Waals surface area contributed by atoms with E-state index in [1.165, 1.54) is 0 Å². The van der Waals surface area contributed by atoms with Crippen molar-refractivity contribution in [2.75, 3.05) is 13.7 Å². The van der Waals surface area contributed by atoms with Crippen LogP contribution in [0.15, 0.2) is 27.3 Å². The highest BCUT2D eigenvalue weighted by atomic mass is 16.5. The van der Waals surface area contributed by atoms with Crippen LogP contribution < -0.4 is 5.32 Å². The summed E-state index contributed by atoms with van der Waals surface area (Å²) < 4.78 is 15.5. The van der Waals surface area contributed by atoms with Crippen molar-refractivity contribution < 1.29 is 13.7 Å². The fourth-order valence-corrected chi connectivity index (χ4v) is 1.52. The van der Waals surface area contributed by atoms with Crippen LogP contribution in [0.5, 0.6) is 0 Å². The third-order valence-corrected chi connectivity index (χ3v) is 2.29. The summed E-state index contributed by atoms with van der Waals surface area (Å²) in [5.74, 6) is 2.00. The highest BCUT2D eigenvalue weighted by molar-refractivity contribution is 5.04. The third kappa shape index (κ3) is 3.15. The fraction of sp³-hybridized carbons (Fsp3) is 0.455. The van der Waals surface area contributed by atoms with E-state index in [1.807, 2.05) is 12.1 Å². The number of hydrogen-bond donors (Lipinski definition) is 1. The number of nitrogens with zero attached hydrogens (tertiary/aromatic N) is 2. The monoisotopic (exact) mass is 237 g/mol. The van der Waals surface area contributed by atoms with Crippen LogP contribution in [-0.4, -0.2) is 23.9 Å². The number of nitrogens with one attached hydrogen (secondary N) is 1. The van der Waals surface area contributed by atoms with Gasteiger partial charge in [-0.1, -0.05) is 5.16 Å². The molecule has 0 aliphatic heterocycles. The quantitative estimate of drug-likeness (QED) is 0.819. The Morgan fingerprint density at radius 3 is 3.00 bits per heavy atom. The molecule has 2 aromatic heterocycles. The molecule has 2 heterocycles. The molecular formula is C11H15N3O3. The fourth-order valence-electron chi connectivity index (χ4n) is 1.52. The van der Waals surface area contributed by atoms with Gasteiger partial charge in [-0.3, -0.25) is 5.32 Å². The molecule has 0 unspecified atom stereocenters. The van der Waals surface area contributed by atoms with Gasteiger partial charge in [0.2, 0.25) is 5.89 Å². The molecule has 6 heteroatoms. The van der Waals surface area contributed by atoms with Crippen molar-refractivity contribution in [2.45, 2.75) is 19.5 Å². The van der Waals surface area contributed by atoms with Gasteiger partial charge < -0.3 is 13.7 Å². The first-order valence-corrected chi connectivity index (χ1v) is 5.34. The Kier molecular flexibility index (Phi) is 3.89. The molecule has 0 aliphatic rings. The lowest BCUT2D eigenvalue weighted by atomic mass is 10.2. The van der Waals surface area contributed by atoms with Crippen LogP contribution >= 0.6 is 0 Å². The molecule has 0 aliphatic carbocycles. The molecule has 1 N–H and O–H groups in total. The number of hydrogen-bond acceptors (Lipinski definition) is 6. The average Bonchev–Trinajstić information content (AvgIpc) is 2.95. The van der Waals surface area contributed by atoms with E-state index in [1.54, 1.807) is 20.3 Å². The molecule has 0 saturated heterocycles. The summed E-state index contributed by atoms with van der Waals surface area (Å²) in [6.07, 6.45) is 1.64. The number of aryl methyl sites for hydroxylation is 1. The summed E-state index contributed by atoms with van der Waals surface area (Å²) in [7, 11) is 1.65. The normalized spacial score (nSPS) is 12.8. The molecule has 0 aromatic carbocycles. The highest BCUT2D eigenvalue weighted by Crippen LogP contribution is 2.14. The van der Waals surface area contributed by atoms with Crippen LogP contribution in [0.1, 0.15) is 23.5 Å². The molecule has 1 atom stereocenters. The molecule has 17 heavy (non-hydrogen) atoms. The number of methoxy groups -OCH3 is 1. The van der Waals surface area contributed by atoms with Gasteiger partial charge in [-0.15, -0.1) is 0 Å². The summed E-state index contributed by atoms with van der Waals surface area (Å²) in [4.78, 5) is 4.11. The van der Waals surface area contributed by atoms with Gasteiger partial charge in [0.25, 0.3) is 0 Å². The summed E-state index contributed by atoms with van der Waals surface area (Å²) in [5.41, 5.74) is 0. The Balaban J connectivity index is 1.94. The van der Waals surface area contributed by atoms with E-state index in [4.69, 9.17) is 13.7 Å². The number of aromatic nitrogens is 2. The lowest BCUT2D eigenvalue weighted by Crippen LogP contribution is -2.24. The molecular weight excluding hydrogens is 222 g/mol. The molecule has 0 fully saturated rings. The second kappa shape index (κ2) is 5.60. The second-order valence-electron chi connectivity index (χ2n) is 3.64. The third-order valence-electron chi connectivity index (χ3n) is 2.29. The Labute approximate surface area is 99.0 Å². The van der Waals surface area contributed by atoms with E-state index in [-0.39, 0.29) is 6.04 Å². The average molecular weight is 237 g/mol. The molecule has 2 aromatic rings. The van der Waals surface area contributed by atoms with Gasteiger partial charge in [0.05, 0.1) is 25.5 Å². The maximum atomic E-state index is 5.33. The van der Waals surface area contributed by atoms with E-state index in [9.17, 15) is 0 Å². The molecule has 0 amide bonds. The predicted molar refractivity (Wildman–Crippen MR) is 59.2 cm³/mol. The van der Waals surface area contributed by atoms with Gasteiger partial charge >= 0.3 is 0 Å². The maximum absolute atomic E-state index is 5.33. The van der Waals surface area contributed by atoms with Crippen molar-refractivity contribution in [3.8, 4) is 0 Å². The molecule has 0 radical (unpaired) electrons. The minimum Gasteiger partial charge on any atom is -0.468 e. The first-order chi connectivity index (χ1) is 8.29. The second-order valence-corrected chi connectivity index (χ2v) is 3.64. The molecule has 0 bridgehead atoms. The summed E-state index contributed by atoms with van der Waals surface area (Å²) in [5, 5.41) is 6.96. The topological polar surface area (TPSA) is 73.3 Å². The van der Waals surface area contributed by atoms with Gasteiger partial charge in [-0.25, -0.2) is 0 Å². The van der Waals surface area contributed by atoms with Crippen LogP contribution in [0.4, 0.5) is 0 Å². The Bertz CT molecular complexity index is 439. The minimum absolute atomic E-state index is 0.0257. The van der Waals surface area contributed by atoms with Gasteiger partial charge in [-0.05, 0) is 19.1 Å². The molecule has 0 saturated carbocycles. The Morgan fingerprint density at radius 2 is 2.41 bits per heavy atom. The number of ether oxygens (including phenoxy) is 1. The van der Waals surface area contributed by atoms with Crippen molar-refractivity contribution in [2.24, 2.45) is 0 Å². The zero-order valence-electron chi connectivity index (χ0n) is 9.84. The van der Waals surface area contributed by atoms with Crippen molar-refractivity contribution in [1.29, 1.82) is 0 Å². The summed E-state index contributed by atoms with van der Waals surface area (Å²) in [6.45, 7) is 2.78. The smallest absolute Gasteiger partial charge is 0.240 e. The standard InChI is InChI=1S/C11H15N3O3/c1-8-13-11(17-14-8)6-12-9(7-15-2)10-4-3-5-16-10/h3-5,9,12H,6-7H2,1-2H3/t9-/m0/s1. The van der Waals surface area contributed by atoms with E-state index in [0.717, 1.165) is 5.76 Å². The van der Waals surface area contributed by atoms with Gasteiger partial charge in [0, 0.05) is 7.11 Å². The summed E-state index contributed by atoms with van der Waals surface area (Å²) >= 11 is 0. The molecule has 2 rings (SSSR count). The number of rotatable bonds is 6. The van der Waals surface area contributed by atoms with Gasteiger partial charge in [0.1, 0.15) is 5.76 Å². The van der Waals surface area contributed by atoms with E-state index in [0.29, 0.717) is 24.9 Å². The lowest BCUT2D eigenvalue weighted by molar-refractivity contribution is 0.154. The zero-order chi connectivity index (χ0) is 12.1. The number of furan rings is 1. The van der Waals surface area contributed by atoms with Gasteiger partial charge in [-0.2, -0.15) is 4.98 Å². The van der Waals surface area contributed by atoms with E-state index in [2.05, 4.69) is 15.5 Å². The molecule has 6 nitrogen and oxygen atoms in total. The van der Waals surface area contributed by atoms with Crippen LogP contribution in [-0.2, 0) is 11.3 Å². The van der Waals surface area contributed by atoms with Crippen LogP contribution in [0, 0.1) is 6.92 Å². The van der Waals surface area contributed by atoms with Crippen LogP contribution in [0.2, 0.25) is 0 Å². The Morgan fingerprint density at radius 1 is 1.53 bits per heavy atom. The van der Waals surface area contributed by atoms with Crippen molar-refractivity contribution >= 4 is 0 Å². The predicted octanol–water partition coefficient (Wildman–Crippen LogP) is 1.45. The lowest BCUT2D eigenvalue weighted by Gasteiger charge is -2.13.